The van der Waals surface area contributed by atoms with Crippen molar-refractivity contribution in [2.24, 2.45) is 5.92 Å². The van der Waals surface area contributed by atoms with Crippen molar-refractivity contribution in [3.8, 4) is 16.9 Å². The number of carboxylic acids is 1. The highest BCUT2D eigenvalue weighted by Crippen LogP contribution is 2.31. The molecule has 0 aliphatic heterocycles. The first-order chi connectivity index (χ1) is 17.1. The summed E-state index contributed by atoms with van der Waals surface area (Å²) < 4.78 is 20.7. The van der Waals surface area contributed by atoms with Crippen molar-refractivity contribution in [2.45, 2.75) is 26.3 Å². The molecule has 3 aromatic carbocycles. The molecule has 36 heavy (non-hydrogen) atoms. The molecule has 0 aliphatic rings. The number of anilines is 1. The third kappa shape index (κ3) is 7.86. The molecule has 0 heterocycles. The second-order valence-electron chi connectivity index (χ2n) is 8.58. The number of nitrogens with one attached hydrogen (secondary N) is 2. The summed E-state index contributed by atoms with van der Waals surface area (Å²) in [6.07, 6.45) is -0.136. The zero-order valence-electron chi connectivity index (χ0n) is 19.9. The predicted molar refractivity (Wildman–Crippen MR) is 141 cm³/mol. The monoisotopic (exact) mass is 532 g/mol. The van der Waals surface area contributed by atoms with Crippen LogP contribution in [0.15, 0.2) is 60.7 Å². The lowest BCUT2D eigenvalue weighted by atomic mass is 10.0. The van der Waals surface area contributed by atoms with E-state index >= 15 is 0 Å². The van der Waals surface area contributed by atoms with Crippen LogP contribution < -0.4 is 15.4 Å². The van der Waals surface area contributed by atoms with Crippen LogP contribution in [0, 0.1) is 11.7 Å². The predicted octanol–water partition coefficient (Wildman–Crippen LogP) is 6.52. The molecule has 0 spiro atoms. The van der Waals surface area contributed by atoms with Crippen LogP contribution in [0.3, 0.4) is 0 Å². The topological polar surface area (TPSA) is 87.7 Å². The number of hydrogen-bond acceptors (Lipinski definition) is 4. The van der Waals surface area contributed by atoms with Gasteiger partial charge in [-0.05, 0) is 66.1 Å². The number of hydrogen-bond donors (Lipinski definition) is 3. The van der Waals surface area contributed by atoms with E-state index in [9.17, 15) is 14.0 Å². The molecule has 3 aromatic rings. The van der Waals surface area contributed by atoms with Crippen LogP contribution in [0.1, 0.15) is 30.6 Å². The van der Waals surface area contributed by atoms with E-state index in [1.165, 1.54) is 6.07 Å². The van der Waals surface area contributed by atoms with E-state index < -0.39 is 11.8 Å². The minimum Gasteiger partial charge on any atom is -0.491 e. The molecule has 0 aromatic heterocycles. The smallest absolute Gasteiger partial charge is 0.305 e. The quantitative estimate of drug-likeness (QED) is 0.261. The molecule has 0 saturated carbocycles. The van der Waals surface area contributed by atoms with E-state index in [1.807, 2.05) is 13.8 Å². The first-order valence-electron chi connectivity index (χ1n) is 11.4. The Bertz CT molecular complexity index is 1200. The SMILES string of the molecule is CC(C)[C@@H](COc1ccc(-c2cc(Cl)cc(Cl)c2)c(F)c1)Nc1ccc(C(=O)NCCC(=O)O)cc1. The van der Waals surface area contributed by atoms with Crippen molar-refractivity contribution in [3.05, 3.63) is 82.1 Å². The second-order valence-corrected chi connectivity index (χ2v) is 9.46. The standard InChI is InChI=1S/C27H27Cl2FN2O4/c1-16(2)25(32-21-5-3-17(4-6-21)27(35)31-10-9-26(33)34)15-36-22-7-8-23(24(30)14-22)18-11-19(28)13-20(29)12-18/h3-8,11-14,16,25,32H,9-10,15H2,1-2H3,(H,31,35)(H,33,34)/t25-/m1/s1. The van der Waals surface area contributed by atoms with Gasteiger partial charge >= 0.3 is 5.97 Å². The van der Waals surface area contributed by atoms with Gasteiger partial charge in [0.15, 0.2) is 0 Å². The summed E-state index contributed by atoms with van der Waals surface area (Å²) in [6, 6.07) is 16.3. The number of halogens is 3. The van der Waals surface area contributed by atoms with Gasteiger partial charge in [0.1, 0.15) is 18.2 Å². The summed E-state index contributed by atoms with van der Waals surface area (Å²) in [5.74, 6) is -1.16. The molecular weight excluding hydrogens is 506 g/mol. The highest BCUT2D eigenvalue weighted by Gasteiger charge is 2.16. The lowest BCUT2D eigenvalue weighted by molar-refractivity contribution is -0.136. The highest BCUT2D eigenvalue weighted by atomic mass is 35.5. The van der Waals surface area contributed by atoms with E-state index in [-0.39, 0.29) is 37.4 Å². The maximum absolute atomic E-state index is 14.8. The summed E-state index contributed by atoms with van der Waals surface area (Å²) in [6.45, 7) is 4.43. The number of aliphatic carboxylic acids is 1. The van der Waals surface area contributed by atoms with Gasteiger partial charge in [0, 0.05) is 39.5 Å². The van der Waals surface area contributed by atoms with Crippen molar-refractivity contribution in [2.75, 3.05) is 18.5 Å². The van der Waals surface area contributed by atoms with Gasteiger partial charge in [0.25, 0.3) is 5.91 Å². The number of ether oxygens (including phenoxy) is 1. The zero-order valence-corrected chi connectivity index (χ0v) is 21.4. The van der Waals surface area contributed by atoms with Gasteiger partial charge in [-0.25, -0.2) is 4.39 Å². The maximum atomic E-state index is 14.8. The molecule has 1 atom stereocenters. The molecule has 0 fully saturated rings. The number of amides is 1. The first-order valence-corrected chi connectivity index (χ1v) is 12.1. The summed E-state index contributed by atoms with van der Waals surface area (Å²) in [5, 5.41) is 15.5. The number of carboxylic acid groups (broad SMARTS) is 1. The lowest BCUT2D eigenvalue weighted by Crippen LogP contribution is -2.32. The second kappa shape index (κ2) is 12.6. The average Bonchev–Trinajstić information content (AvgIpc) is 2.81. The van der Waals surface area contributed by atoms with Crippen molar-refractivity contribution < 1.29 is 23.8 Å². The highest BCUT2D eigenvalue weighted by molar-refractivity contribution is 6.35. The Balaban J connectivity index is 1.61. The molecular formula is C27H27Cl2FN2O4. The molecule has 0 unspecified atom stereocenters. The number of carbonyl (C=O) groups excluding carboxylic acids is 1. The fourth-order valence-corrected chi connectivity index (χ4v) is 3.96. The van der Waals surface area contributed by atoms with Crippen LogP contribution in [0.2, 0.25) is 10.0 Å². The molecule has 6 nitrogen and oxygen atoms in total. The van der Waals surface area contributed by atoms with Crippen LogP contribution >= 0.6 is 23.2 Å². The minimum absolute atomic E-state index is 0.0648. The molecule has 190 valence electrons. The third-order valence-corrected chi connectivity index (χ3v) is 5.91. The summed E-state index contributed by atoms with van der Waals surface area (Å²) in [7, 11) is 0. The van der Waals surface area contributed by atoms with Crippen LogP contribution in [0.25, 0.3) is 11.1 Å². The molecule has 0 bridgehead atoms. The fraction of sp³-hybridized carbons (Fsp3) is 0.259. The van der Waals surface area contributed by atoms with Crippen molar-refractivity contribution in [3.63, 3.8) is 0 Å². The number of benzene rings is 3. The largest absolute Gasteiger partial charge is 0.491 e. The Kier molecular flexibility index (Phi) is 9.56. The fourth-order valence-electron chi connectivity index (χ4n) is 3.43. The Morgan fingerprint density at radius 3 is 2.25 bits per heavy atom. The van der Waals surface area contributed by atoms with Gasteiger partial charge in [-0.2, -0.15) is 0 Å². The normalized spacial score (nSPS) is 11.7. The Hall–Kier alpha value is -3.29. The van der Waals surface area contributed by atoms with Crippen LogP contribution in [-0.2, 0) is 4.79 Å². The van der Waals surface area contributed by atoms with E-state index in [0.29, 0.717) is 32.5 Å². The van der Waals surface area contributed by atoms with Gasteiger partial charge in [0.2, 0.25) is 0 Å². The third-order valence-electron chi connectivity index (χ3n) is 5.47. The molecule has 9 heteroatoms. The number of carbonyl (C=O) groups is 2. The Labute approximate surface area is 219 Å². The Morgan fingerprint density at radius 2 is 1.67 bits per heavy atom. The van der Waals surface area contributed by atoms with E-state index in [2.05, 4.69) is 10.6 Å². The van der Waals surface area contributed by atoms with Crippen LogP contribution in [-0.4, -0.2) is 36.2 Å². The zero-order chi connectivity index (χ0) is 26.2. The number of rotatable bonds is 11. The minimum atomic E-state index is -0.971. The van der Waals surface area contributed by atoms with Crippen molar-refractivity contribution in [1.82, 2.24) is 5.32 Å². The van der Waals surface area contributed by atoms with E-state index in [0.717, 1.165) is 5.69 Å². The van der Waals surface area contributed by atoms with Gasteiger partial charge in [-0.15, -0.1) is 0 Å². The van der Waals surface area contributed by atoms with Gasteiger partial charge < -0.3 is 20.5 Å². The van der Waals surface area contributed by atoms with E-state index in [1.54, 1.807) is 54.6 Å². The van der Waals surface area contributed by atoms with Crippen molar-refractivity contribution >= 4 is 40.8 Å². The Morgan fingerprint density at radius 1 is 1.00 bits per heavy atom. The van der Waals surface area contributed by atoms with Gasteiger partial charge in [-0.1, -0.05) is 37.0 Å². The molecule has 3 N–H and O–H groups in total. The molecule has 0 radical (unpaired) electrons. The molecule has 1 amide bonds. The van der Waals surface area contributed by atoms with Crippen molar-refractivity contribution in [1.29, 1.82) is 0 Å². The molecule has 0 aliphatic carbocycles. The summed E-state index contributed by atoms with van der Waals surface area (Å²) >= 11 is 12.1. The lowest BCUT2D eigenvalue weighted by Gasteiger charge is -2.24. The van der Waals surface area contributed by atoms with Crippen LogP contribution in [0.5, 0.6) is 5.75 Å². The van der Waals surface area contributed by atoms with E-state index in [4.69, 9.17) is 33.0 Å². The molecule has 0 saturated heterocycles. The average molecular weight is 533 g/mol. The maximum Gasteiger partial charge on any atom is 0.305 e. The summed E-state index contributed by atoms with van der Waals surface area (Å²) in [5.41, 5.74) is 2.17. The summed E-state index contributed by atoms with van der Waals surface area (Å²) in [4.78, 5) is 22.7. The van der Waals surface area contributed by atoms with Gasteiger partial charge in [0.05, 0.1) is 12.5 Å². The molecule has 3 rings (SSSR count). The van der Waals surface area contributed by atoms with Gasteiger partial charge in [-0.3, -0.25) is 9.59 Å². The first kappa shape index (κ1) is 27.3. The van der Waals surface area contributed by atoms with Crippen LogP contribution in [0.4, 0.5) is 10.1 Å².